The number of benzene rings is 1. The Kier molecular flexibility index (Phi) is 5.04. The summed E-state index contributed by atoms with van der Waals surface area (Å²) in [6, 6.07) is 6.83. The maximum Gasteiger partial charge on any atom is 0.350 e. The van der Waals surface area contributed by atoms with Crippen molar-refractivity contribution < 1.29 is 4.79 Å². The monoisotopic (exact) mass is 404 g/mol. The lowest BCUT2D eigenvalue weighted by Crippen LogP contribution is -2.33. The average Bonchev–Trinajstić information content (AvgIpc) is 2.98. The maximum absolute atomic E-state index is 12.6. The number of nitrogens with one attached hydrogen (secondary N) is 1. The Hall–Kier alpha value is -2.52. The van der Waals surface area contributed by atoms with Crippen molar-refractivity contribution in [3.8, 4) is 0 Å². The van der Waals surface area contributed by atoms with Gasteiger partial charge in [0.15, 0.2) is 5.82 Å². The number of thioether (sulfide) groups is 1. The van der Waals surface area contributed by atoms with Crippen LogP contribution in [0.15, 0.2) is 41.5 Å². The first-order valence-corrected chi connectivity index (χ1v) is 9.97. The Balaban J connectivity index is 1.59. The van der Waals surface area contributed by atoms with Gasteiger partial charge in [-0.1, -0.05) is 17.7 Å². The molecule has 27 heavy (non-hydrogen) atoms. The summed E-state index contributed by atoms with van der Waals surface area (Å²) >= 11 is 7.81. The predicted octanol–water partition coefficient (Wildman–Crippen LogP) is 1.74. The third kappa shape index (κ3) is 3.79. The summed E-state index contributed by atoms with van der Waals surface area (Å²) in [5.74, 6) is 2.33. The lowest BCUT2D eigenvalue weighted by atomic mass is 10.3. The number of nitrogens with zero attached hydrogens (tertiary/aromatic N) is 5. The fourth-order valence-electron chi connectivity index (χ4n) is 2.94. The molecule has 0 spiro atoms. The Labute approximate surface area is 164 Å². The smallest absolute Gasteiger partial charge is 0.350 e. The number of rotatable bonds is 4. The maximum atomic E-state index is 12.6. The van der Waals surface area contributed by atoms with Crippen LogP contribution in [0.4, 0.5) is 11.5 Å². The number of hydrogen-bond acceptors (Lipinski definition) is 6. The van der Waals surface area contributed by atoms with Gasteiger partial charge in [0.2, 0.25) is 11.6 Å². The highest BCUT2D eigenvalue weighted by molar-refractivity contribution is 7.99. The van der Waals surface area contributed by atoms with Crippen molar-refractivity contribution in [1.29, 1.82) is 0 Å². The van der Waals surface area contributed by atoms with E-state index in [0.717, 1.165) is 29.3 Å². The molecule has 0 aliphatic carbocycles. The Morgan fingerprint density at radius 3 is 2.89 bits per heavy atom. The van der Waals surface area contributed by atoms with Crippen LogP contribution in [0.5, 0.6) is 0 Å². The highest BCUT2D eigenvalue weighted by Crippen LogP contribution is 2.20. The molecule has 0 radical (unpaired) electrons. The highest BCUT2D eigenvalue weighted by Gasteiger charge is 2.19. The zero-order valence-electron chi connectivity index (χ0n) is 14.3. The summed E-state index contributed by atoms with van der Waals surface area (Å²) in [6.07, 6.45) is 3.15. The molecule has 3 aromatic rings. The second-order valence-electron chi connectivity index (χ2n) is 6.04. The van der Waals surface area contributed by atoms with E-state index in [2.05, 4.69) is 20.3 Å². The molecule has 1 amide bonds. The Morgan fingerprint density at radius 1 is 1.30 bits per heavy atom. The van der Waals surface area contributed by atoms with Crippen LogP contribution in [-0.2, 0) is 11.3 Å². The average molecular weight is 405 g/mol. The first-order valence-electron chi connectivity index (χ1n) is 8.44. The zero-order valence-corrected chi connectivity index (χ0v) is 15.9. The van der Waals surface area contributed by atoms with Crippen LogP contribution in [0.1, 0.15) is 0 Å². The van der Waals surface area contributed by atoms with Crippen LogP contribution in [0, 0.1) is 0 Å². The molecule has 1 N–H and O–H groups in total. The predicted molar refractivity (Wildman–Crippen MR) is 107 cm³/mol. The molecule has 4 rings (SSSR count). The number of hydrogen-bond donors (Lipinski definition) is 1. The van der Waals surface area contributed by atoms with Gasteiger partial charge in [-0.15, -0.1) is 5.10 Å². The van der Waals surface area contributed by atoms with Crippen molar-refractivity contribution in [1.82, 2.24) is 19.2 Å². The molecule has 10 heteroatoms. The van der Waals surface area contributed by atoms with Gasteiger partial charge < -0.3 is 10.2 Å². The number of carbonyl (C=O) groups excluding carboxylic acids is 1. The molecule has 0 saturated carbocycles. The van der Waals surface area contributed by atoms with Crippen molar-refractivity contribution >= 4 is 46.4 Å². The number of carbonyl (C=O) groups is 1. The Bertz CT molecular complexity index is 1040. The standard InChI is InChI=1S/C17H17ClN6O2S/c18-12-2-1-3-13(10-12)20-14(25)11-24-17(26)23-5-4-19-15(16(23)21-24)22-6-8-27-9-7-22/h1-5,10H,6-9,11H2,(H,20,25). The van der Waals surface area contributed by atoms with E-state index in [-0.39, 0.29) is 18.1 Å². The highest BCUT2D eigenvalue weighted by atomic mass is 35.5. The van der Waals surface area contributed by atoms with Crippen LogP contribution in [0.2, 0.25) is 5.02 Å². The molecule has 140 valence electrons. The van der Waals surface area contributed by atoms with Gasteiger partial charge >= 0.3 is 5.69 Å². The van der Waals surface area contributed by atoms with Gasteiger partial charge in [-0.2, -0.15) is 11.8 Å². The minimum absolute atomic E-state index is 0.192. The first-order chi connectivity index (χ1) is 13.1. The lowest BCUT2D eigenvalue weighted by molar-refractivity contribution is -0.117. The van der Waals surface area contributed by atoms with Crippen molar-refractivity contribution in [3.05, 3.63) is 52.2 Å². The van der Waals surface area contributed by atoms with Crippen molar-refractivity contribution in [2.24, 2.45) is 0 Å². The summed E-state index contributed by atoms with van der Waals surface area (Å²) in [7, 11) is 0. The second-order valence-corrected chi connectivity index (χ2v) is 7.70. The van der Waals surface area contributed by atoms with Crippen molar-refractivity contribution in [2.45, 2.75) is 6.54 Å². The SMILES string of the molecule is O=C(Cn1nc2c(N3CCSCC3)nccn2c1=O)Nc1cccc(Cl)c1. The molecular formula is C17H17ClN6O2S. The minimum Gasteiger partial charge on any atom is -0.352 e. The van der Waals surface area contributed by atoms with Gasteiger partial charge in [-0.05, 0) is 18.2 Å². The van der Waals surface area contributed by atoms with Crippen LogP contribution in [0.3, 0.4) is 0 Å². The van der Waals surface area contributed by atoms with Crippen LogP contribution >= 0.6 is 23.4 Å². The first kappa shape index (κ1) is 17.9. The molecule has 1 aromatic carbocycles. The van der Waals surface area contributed by atoms with E-state index in [4.69, 9.17) is 11.6 Å². The quantitative estimate of drug-likeness (QED) is 0.713. The van der Waals surface area contributed by atoms with Gasteiger partial charge in [0, 0.05) is 47.7 Å². The van der Waals surface area contributed by atoms with Crippen molar-refractivity contribution in [2.75, 3.05) is 34.8 Å². The minimum atomic E-state index is -0.374. The summed E-state index contributed by atoms with van der Waals surface area (Å²) < 4.78 is 2.58. The summed E-state index contributed by atoms with van der Waals surface area (Å²) in [6.45, 7) is 1.52. The third-order valence-electron chi connectivity index (χ3n) is 4.20. The number of fused-ring (bicyclic) bond motifs is 1. The van der Waals surface area contributed by atoms with Gasteiger partial charge in [-0.25, -0.2) is 18.9 Å². The largest absolute Gasteiger partial charge is 0.352 e. The number of aromatic nitrogens is 4. The van der Waals surface area contributed by atoms with E-state index in [1.165, 1.54) is 4.40 Å². The Morgan fingerprint density at radius 2 is 2.11 bits per heavy atom. The second kappa shape index (κ2) is 7.61. The molecule has 0 unspecified atom stereocenters. The lowest BCUT2D eigenvalue weighted by Gasteiger charge is -2.27. The fourth-order valence-corrected chi connectivity index (χ4v) is 4.03. The van der Waals surface area contributed by atoms with Crippen LogP contribution in [-0.4, -0.2) is 49.7 Å². The van der Waals surface area contributed by atoms with Gasteiger partial charge in [-0.3, -0.25) is 4.79 Å². The molecule has 0 atom stereocenters. The normalized spacial score (nSPS) is 14.5. The number of halogens is 1. The number of anilines is 2. The van der Waals surface area contributed by atoms with Gasteiger partial charge in [0.25, 0.3) is 0 Å². The van der Waals surface area contributed by atoms with Crippen LogP contribution < -0.4 is 15.9 Å². The van der Waals surface area contributed by atoms with E-state index in [0.29, 0.717) is 22.2 Å². The molecule has 2 aromatic heterocycles. The molecule has 1 aliphatic rings. The van der Waals surface area contributed by atoms with Gasteiger partial charge in [0.1, 0.15) is 6.54 Å². The van der Waals surface area contributed by atoms with E-state index in [1.54, 1.807) is 36.7 Å². The van der Waals surface area contributed by atoms with E-state index in [1.807, 2.05) is 11.8 Å². The van der Waals surface area contributed by atoms with E-state index in [9.17, 15) is 9.59 Å². The van der Waals surface area contributed by atoms with E-state index >= 15 is 0 Å². The molecule has 0 bridgehead atoms. The molecular weight excluding hydrogens is 388 g/mol. The fraction of sp³-hybridized carbons (Fsp3) is 0.294. The molecule has 1 fully saturated rings. The zero-order chi connectivity index (χ0) is 18.8. The molecule has 1 saturated heterocycles. The van der Waals surface area contributed by atoms with E-state index < -0.39 is 0 Å². The topological polar surface area (TPSA) is 84.5 Å². The van der Waals surface area contributed by atoms with Crippen molar-refractivity contribution in [3.63, 3.8) is 0 Å². The third-order valence-corrected chi connectivity index (χ3v) is 5.37. The van der Waals surface area contributed by atoms with Gasteiger partial charge in [0.05, 0.1) is 0 Å². The summed E-state index contributed by atoms with van der Waals surface area (Å²) in [5, 5.41) is 7.60. The molecule has 8 nitrogen and oxygen atoms in total. The molecule has 1 aliphatic heterocycles. The summed E-state index contributed by atoms with van der Waals surface area (Å²) in [4.78, 5) is 31.5. The molecule has 3 heterocycles. The number of amides is 1. The van der Waals surface area contributed by atoms with Crippen LogP contribution in [0.25, 0.3) is 5.65 Å². The summed E-state index contributed by atoms with van der Waals surface area (Å²) in [5.41, 5.74) is 0.656.